The molecular weight excluding hydrogens is 300 g/mol. The minimum absolute atomic E-state index is 0.0648. The van der Waals surface area contributed by atoms with Crippen molar-refractivity contribution >= 4 is 11.8 Å². The van der Waals surface area contributed by atoms with E-state index in [9.17, 15) is 9.59 Å². The normalized spacial score (nSPS) is 46.9. The number of hydrogen-bond donors (Lipinski definition) is 0. The van der Waals surface area contributed by atoms with Crippen LogP contribution in [0.4, 0.5) is 0 Å². The van der Waals surface area contributed by atoms with Gasteiger partial charge in [0.2, 0.25) is 0 Å². The van der Waals surface area contributed by atoms with Crippen LogP contribution in [0.2, 0.25) is 0 Å². The molecule has 4 rings (SSSR count). The highest BCUT2D eigenvalue weighted by molar-refractivity contribution is 5.99. The highest BCUT2D eigenvalue weighted by Gasteiger charge is 2.65. The van der Waals surface area contributed by atoms with E-state index < -0.39 is 5.41 Å². The van der Waals surface area contributed by atoms with Crippen molar-refractivity contribution in [2.45, 2.75) is 58.8 Å². The molecule has 3 fully saturated rings. The van der Waals surface area contributed by atoms with Crippen LogP contribution in [0.15, 0.2) is 23.8 Å². The number of fused-ring (bicyclic) bond motifs is 3. The predicted molar refractivity (Wildman–Crippen MR) is 92.2 cm³/mol. The van der Waals surface area contributed by atoms with E-state index in [1.165, 1.54) is 12.7 Å². The van der Waals surface area contributed by atoms with E-state index in [0.29, 0.717) is 11.8 Å². The van der Waals surface area contributed by atoms with E-state index in [1.54, 1.807) is 0 Å². The zero-order valence-electron chi connectivity index (χ0n) is 15.1. The second kappa shape index (κ2) is 4.83. The zero-order valence-corrected chi connectivity index (χ0v) is 15.1. The molecule has 0 saturated heterocycles. The van der Waals surface area contributed by atoms with Crippen molar-refractivity contribution in [3.8, 4) is 0 Å². The Morgan fingerprint density at radius 3 is 2.75 bits per heavy atom. The maximum atomic E-state index is 13.3. The quantitative estimate of drug-likeness (QED) is 0.534. The fourth-order valence-electron chi connectivity index (χ4n) is 6.82. The second-order valence-corrected chi connectivity index (χ2v) is 9.04. The van der Waals surface area contributed by atoms with E-state index in [-0.39, 0.29) is 22.6 Å². The summed E-state index contributed by atoms with van der Waals surface area (Å²) in [5, 5.41) is 0. The van der Waals surface area contributed by atoms with Gasteiger partial charge in [0.15, 0.2) is 5.78 Å². The summed E-state index contributed by atoms with van der Waals surface area (Å²) in [6.07, 6.45) is 8.79. The van der Waals surface area contributed by atoms with Crippen LogP contribution in [0, 0.1) is 28.1 Å². The van der Waals surface area contributed by atoms with Gasteiger partial charge in [-0.1, -0.05) is 25.5 Å². The van der Waals surface area contributed by atoms with E-state index in [1.807, 2.05) is 13.0 Å². The number of methoxy groups -OCH3 is 1. The maximum Gasteiger partial charge on any atom is 0.315 e. The van der Waals surface area contributed by atoms with E-state index in [2.05, 4.69) is 13.5 Å². The Balaban J connectivity index is 1.88. The van der Waals surface area contributed by atoms with Gasteiger partial charge in [0.1, 0.15) is 0 Å². The van der Waals surface area contributed by atoms with Crippen LogP contribution in [0.3, 0.4) is 0 Å². The lowest BCUT2D eigenvalue weighted by atomic mass is 9.44. The van der Waals surface area contributed by atoms with Gasteiger partial charge in [-0.15, -0.1) is 0 Å². The van der Waals surface area contributed by atoms with Crippen LogP contribution in [0.25, 0.3) is 0 Å². The fourth-order valence-corrected chi connectivity index (χ4v) is 6.82. The summed E-state index contributed by atoms with van der Waals surface area (Å²) in [5.74, 6) is 0.935. The summed E-state index contributed by atoms with van der Waals surface area (Å²) in [6.45, 7) is 8.55. The second-order valence-electron chi connectivity index (χ2n) is 9.04. The molecule has 0 aromatic carbocycles. The molecule has 0 N–H and O–H groups in total. The number of ether oxygens (including phenoxy) is 1. The zero-order chi connectivity index (χ0) is 17.3. The molecule has 0 aromatic heterocycles. The van der Waals surface area contributed by atoms with Crippen molar-refractivity contribution in [1.29, 1.82) is 0 Å². The van der Waals surface area contributed by atoms with Gasteiger partial charge < -0.3 is 4.74 Å². The number of hydrogen-bond acceptors (Lipinski definition) is 3. The van der Waals surface area contributed by atoms with Crippen LogP contribution in [0.1, 0.15) is 58.8 Å². The molecule has 0 unspecified atom stereocenters. The molecule has 130 valence electrons. The van der Waals surface area contributed by atoms with Gasteiger partial charge in [-0.25, -0.2) is 0 Å². The number of carbonyl (C=O) groups is 2. The largest absolute Gasteiger partial charge is 0.468 e. The molecule has 3 nitrogen and oxygen atoms in total. The molecule has 1 spiro atoms. The smallest absolute Gasteiger partial charge is 0.315 e. The van der Waals surface area contributed by atoms with Gasteiger partial charge in [-0.2, -0.15) is 0 Å². The minimum Gasteiger partial charge on any atom is -0.468 e. The molecular formula is C21H28O3. The average molecular weight is 328 g/mol. The number of esters is 1. The molecule has 4 aliphatic carbocycles. The van der Waals surface area contributed by atoms with Crippen molar-refractivity contribution in [2.24, 2.45) is 28.1 Å². The molecule has 4 aliphatic rings. The van der Waals surface area contributed by atoms with Crippen molar-refractivity contribution in [2.75, 3.05) is 7.11 Å². The third kappa shape index (κ3) is 1.74. The topological polar surface area (TPSA) is 43.4 Å². The molecule has 0 heterocycles. The van der Waals surface area contributed by atoms with E-state index in [0.717, 1.165) is 50.5 Å². The summed E-state index contributed by atoms with van der Waals surface area (Å²) >= 11 is 0. The molecule has 3 saturated carbocycles. The van der Waals surface area contributed by atoms with Gasteiger partial charge in [-0.3, -0.25) is 9.59 Å². The Morgan fingerprint density at radius 1 is 1.29 bits per heavy atom. The molecule has 2 bridgehead atoms. The number of allylic oxidation sites excluding steroid dienone is 2. The molecule has 3 heteroatoms. The first-order valence-electron chi connectivity index (χ1n) is 9.31. The average Bonchev–Trinajstić information content (AvgIpc) is 2.80. The molecule has 0 aliphatic heterocycles. The summed E-state index contributed by atoms with van der Waals surface area (Å²) in [6, 6.07) is 0. The van der Waals surface area contributed by atoms with Gasteiger partial charge in [0.05, 0.1) is 12.5 Å². The van der Waals surface area contributed by atoms with Crippen molar-refractivity contribution < 1.29 is 14.3 Å². The van der Waals surface area contributed by atoms with Crippen LogP contribution in [0.5, 0.6) is 0 Å². The summed E-state index contributed by atoms with van der Waals surface area (Å²) in [5.41, 5.74) is 1.37. The highest BCUT2D eigenvalue weighted by Crippen LogP contribution is 2.69. The number of carbonyl (C=O) groups excluding carboxylic acids is 2. The molecule has 0 aromatic rings. The van der Waals surface area contributed by atoms with Crippen LogP contribution < -0.4 is 0 Å². The number of ketones is 1. The van der Waals surface area contributed by atoms with Gasteiger partial charge in [0.25, 0.3) is 0 Å². The first kappa shape index (κ1) is 16.1. The third-order valence-corrected chi connectivity index (χ3v) is 7.96. The van der Waals surface area contributed by atoms with Crippen LogP contribution in [-0.4, -0.2) is 18.9 Å². The Kier molecular flexibility index (Phi) is 3.24. The summed E-state index contributed by atoms with van der Waals surface area (Å²) in [7, 11) is 1.46. The van der Waals surface area contributed by atoms with Gasteiger partial charge in [-0.05, 0) is 74.3 Å². The van der Waals surface area contributed by atoms with E-state index in [4.69, 9.17) is 4.74 Å². The van der Waals surface area contributed by atoms with Crippen LogP contribution >= 0.6 is 0 Å². The maximum absolute atomic E-state index is 13.3. The van der Waals surface area contributed by atoms with Crippen LogP contribution in [-0.2, 0) is 14.3 Å². The first-order valence-corrected chi connectivity index (χ1v) is 9.31. The monoisotopic (exact) mass is 328 g/mol. The first-order chi connectivity index (χ1) is 11.3. The molecule has 0 amide bonds. The Labute approximate surface area is 144 Å². The van der Waals surface area contributed by atoms with Crippen molar-refractivity contribution in [3.05, 3.63) is 23.8 Å². The molecule has 24 heavy (non-hydrogen) atoms. The predicted octanol–water partition coefficient (Wildman–Crippen LogP) is 4.23. The SMILES string of the molecule is C=C1C[C@]23C[C@H]1CC[C@H]2[C@]1(C)CCC[C@@](C)(C(=O)OC)C1=CC3=O. The van der Waals surface area contributed by atoms with Crippen molar-refractivity contribution in [3.63, 3.8) is 0 Å². The van der Waals surface area contributed by atoms with Crippen molar-refractivity contribution in [1.82, 2.24) is 0 Å². The van der Waals surface area contributed by atoms with Gasteiger partial charge >= 0.3 is 5.97 Å². The fraction of sp³-hybridized carbons (Fsp3) is 0.714. The lowest BCUT2D eigenvalue weighted by Gasteiger charge is -2.58. The lowest BCUT2D eigenvalue weighted by molar-refractivity contribution is -0.154. The van der Waals surface area contributed by atoms with Gasteiger partial charge in [0, 0.05) is 5.41 Å². The molecule has 5 atom stereocenters. The summed E-state index contributed by atoms with van der Waals surface area (Å²) < 4.78 is 5.13. The Morgan fingerprint density at radius 2 is 2.04 bits per heavy atom. The number of rotatable bonds is 1. The van der Waals surface area contributed by atoms with E-state index >= 15 is 0 Å². The third-order valence-electron chi connectivity index (χ3n) is 7.96. The Hall–Kier alpha value is -1.38. The lowest BCUT2D eigenvalue weighted by Crippen LogP contribution is -2.55. The molecule has 0 radical (unpaired) electrons. The minimum atomic E-state index is -0.647. The standard InChI is InChI=1S/C21H28O3/c1-13-11-21-12-14(13)6-7-15(21)19(2)8-5-9-20(3,18(23)24-4)16(19)10-17(21)22/h10,14-15H,1,5-9,11-12H2,2-4H3/t14-,15+,19+,20-,21+/m1/s1. The highest BCUT2D eigenvalue weighted by atomic mass is 16.5. The summed E-state index contributed by atoms with van der Waals surface area (Å²) in [4.78, 5) is 25.9. The Bertz CT molecular complexity index is 675.